The fraction of sp³-hybridized carbons (Fsp3) is 0.143. The standard InChI is InChI=1S/C14H10ClF3/c15-12-8-6-11(7-9-12)13(14(16,17)18)10-4-2-1-3-5-10/h1-9,13H/t13-/m0/s1. The molecule has 0 fully saturated rings. The minimum Gasteiger partial charge on any atom is -0.170 e. The lowest BCUT2D eigenvalue weighted by molar-refractivity contribution is -0.141. The maximum atomic E-state index is 13.2. The van der Waals surface area contributed by atoms with Crippen molar-refractivity contribution in [2.24, 2.45) is 0 Å². The van der Waals surface area contributed by atoms with Crippen LogP contribution in [0.5, 0.6) is 0 Å². The second kappa shape index (κ2) is 5.02. The third-order valence-corrected chi connectivity index (χ3v) is 2.92. The molecule has 2 aromatic carbocycles. The number of halogens is 4. The quantitative estimate of drug-likeness (QED) is 0.718. The second-order valence-corrected chi connectivity index (χ2v) is 4.37. The van der Waals surface area contributed by atoms with Gasteiger partial charge in [-0.1, -0.05) is 54.1 Å². The molecule has 2 aromatic rings. The molecule has 4 heteroatoms. The lowest BCUT2D eigenvalue weighted by atomic mass is 9.91. The molecule has 0 spiro atoms. The maximum absolute atomic E-state index is 13.2. The summed E-state index contributed by atoms with van der Waals surface area (Å²) in [5.74, 6) is -1.61. The number of alkyl halides is 3. The van der Waals surface area contributed by atoms with Crippen LogP contribution in [0, 0.1) is 0 Å². The molecule has 0 radical (unpaired) electrons. The molecule has 0 saturated carbocycles. The lowest BCUT2D eigenvalue weighted by Crippen LogP contribution is -2.21. The van der Waals surface area contributed by atoms with E-state index < -0.39 is 12.1 Å². The largest absolute Gasteiger partial charge is 0.399 e. The van der Waals surface area contributed by atoms with Crippen molar-refractivity contribution in [1.29, 1.82) is 0 Å². The third-order valence-electron chi connectivity index (χ3n) is 2.66. The molecule has 94 valence electrons. The summed E-state index contributed by atoms with van der Waals surface area (Å²) < 4.78 is 39.5. The zero-order valence-corrected chi connectivity index (χ0v) is 10.0. The summed E-state index contributed by atoms with van der Waals surface area (Å²) in [5, 5.41) is 0.424. The monoisotopic (exact) mass is 270 g/mol. The molecule has 0 heterocycles. The lowest BCUT2D eigenvalue weighted by Gasteiger charge is -2.21. The zero-order valence-electron chi connectivity index (χ0n) is 9.29. The predicted molar refractivity (Wildman–Crippen MR) is 65.8 cm³/mol. The Balaban J connectivity index is 2.47. The van der Waals surface area contributed by atoms with Crippen LogP contribution in [0.15, 0.2) is 54.6 Å². The van der Waals surface area contributed by atoms with Crippen molar-refractivity contribution >= 4 is 11.6 Å². The molecule has 0 aromatic heterocycles. The summed E-state index contributed by atoms with van der Waals surface area (Å²) in [4.78, 5) is 0. The fourth-order valence-electron chi connectivity index (χ4n) is 1.87. The van der Waals surface area contributed by atoms with Crippen LogP contribution in [0.1, 0.15) is 17.0 Å². The molecule has 0 aliphatic rings. The number of hydrogen-bond donors (Lipinski definition) is 0. The van der Waals surface area contributed by atoms with E-state index in [0.29, 0.717) is 5.02 Å². The van der Waals surface area contributed by atoms with Gasteiger partial charge in [-0.2, -0.15) is 13.2 Å². The Kier molecular flexibility index (Phi) is 3.62. The van der Waals surface area contributed by atoms with Gasteiger partial charge in [0.25, 0.3) is 0 Å². The smallest absolute Gasteiger partial charge is 0.170 e. The summed E-state index contributed by atoms with van der Waals surface area (Å²) in [6.07, 6.45) is -4.32. The fourth-order valence-corrected chi connectivity index (χ4v) is 2.00. The van der Waals surface area contributed by atoms with Gasteiger partial charge in [-0.25, -0.2) is 0 Å². The van der Waals surface area contributed by atoms with Crippen molar-refractivity contribution in [2.75, 3.05) is 0 Å². The molecule has 0 saturated heterocycles. The minimum atomic E-state index is -4.32. The number of hydrogen-bond acceptors (Lipinski definition) is 0. The first-order valence-electron chi connectivity index (χ1n) is 5.35. The summed E-state index contributed by atoms with van der Waals surface area (Å²) >= 11 is 5.70. The highest BCUT2D eigenvalue weighted by molar-refractivity contribution is 6.30. The van der Waals surface area contributed by atoms with Gasteiger partial charge >= 0.3 is 6.18 Å². The van der Waals surface area contributed by atoms with Crippen LogP contribution < -0.4 is 0 Å². The van der Waals surface area contributed by atoms with Crippen LogP contribution in [0.4, 0.5) is 13.2 Å². The van der Waals surface area contributed by atoms with Gasteiger partial charge in [-0.05, 0) is 23.3 Å². The molecule has 0 nitrogen and oxygen atoms in total. The molecule has 1 atom stereocenters. The summed E-state index contributed by atoms with van der Waals surface area (Å²) in [6, 6.07) is 13.6. The van der Waals surface area contributed by atoms with Crippen molar-refractivity contribution in [2.45, 2.75) is 12.1 Å². The van der Waals surface area contributed by atoms with Crippen LogP contribution in [-0.4, -0.2) is 6.18 Å². The van der Waals surface area contributed by atoms with Crippen molar-refractivity contribution in [1.82, 2.24) is 0 Å². The second-order valence-electron chi connectivity index (χ2n) is 3.94. The number of benzene rings is 2. The average molecular weight is 271 g/mol. The zero-order chi connectivity index (χ0) is 13.2. The molecule has 0 aliphatic carbocycles. The van der Waals surface area contributed by atoms with Crippen LogP contribution >= 0.6 is 11.6 Å². The average Bonchev–Trinajstić information content (AvgIpc) is 2.32. The molecule has 18 heavy (non-hydrogen) atoms. The normalized spacial score (nSPS) is 13.3. The van der Waals surface area contributed by atoms with Gasteiger partial charge in [-0.3, -0.25) is 0 Å². The van der Waals surface area contributed by atoms with Crippen LogP contribution in [0.2, 0.25) is 5.02 Å². The van der Waals surface area contributed by atoms with Gasteiger partial charge < -0.3 is 0 Å². The Bertz CT molecular complexity index is 503. The van der Waals surface area contributed by atoms with Gasteiger partial charge in [0.2, 0.25) is 0 Å². The van der Waals surface area contributed by atoms with Gasteiger partial charge in [0.15, 0.2) is 0 Å². The molecule has 0 N–H and O–H groups in total. The third kappa shape index (κ3) is 2.85. The van der Waals surface area contributed by atoms with Crippen molar-refractivity contribution in [3.8, 4) is 0 Å². The van der Waals surface area contributed by atoms with Crippen molar-refractivity contribution in [3.63, 3.8) is 0 Å². The van der Waals surface area contributed by atoms with E-state index >= 15 is 0 Å². The summed E-state index contributed by atoms with van der Waals surface area (Å²) in [5.41, 5.74) is 0.422. The van der Waals surface area contributed by atoms with E-state index in [0.717, 1.165) is 0 Å². The summed E-state index contributed by atoms with van der Waals surface area (Å²) in [7, 11) is 0. The Morgan fingerprint density at radius 2 is 1.28 bits per heavy atom. The van der Waals surface area contributed by atoms with Gasteiger partial charge in [0.1, 0.15) is 5.92 Å². The van der Waals surface area contributed by atoms with Crippen molar-refractivity contribution < 1.29 is 13.2 Å². The topological polar surface area (TPSA) is 0 Å². The number of rotatable bonds is 2. The highest BCUT2D eigenvalue weighted by Crippen LogP contribution is 2.40. The SMILES string of the molecule is FC(F)(F)[C@@H](c1ccccc1)c1ccc(Cl)cc1. The van der Waals surface area contributed by atoms with E-state index in [1.165, 1.54) is 36.4 Å². The minimum absolute atomic E-state index is 0.193. The Hall–Kier alpha value is -1.48. The van der Waals surface area contributed by atoms with E-state index in [2.05, 4.69) is 0 Å². The van der Waals surface area contributed by atoms with Crippen LogP contribution in [0.3, 0.4) is 0 Å². The first-order chi connectivity index (χ1) is 8.48. The van der Waals surface area contributed by atoms with Crippen molar-refractivity contribution in [3.05, 3.63) is 70.7 Å². The van der Waals surface area contributed by atoms with Gasteiger partial charge in [-0.15, -0.1) is 0 Å². The molecule has 0 aliphatic heterocycles. The highest BCUT2D eigenvalue weighted by Gasteiger charge is 2.41. The Morgan fingerprint density at radius 1 is 0.778 bits per heavy atom. The maximum Gasteiger partial charge on any atom is 0.399 e. The van der Waals surface area contributed by atoms with Crippen LogP contribution in [0.25, 0.3) is 0 Å². The first kappa shape index (κ1) is 13.0. The van der Waals surface area contributed by atoms with E-state index in [1.54, 1.807) is 18.2 Å². The first-order valence-corrected chi connectivity index (χ1v) is 5.73. The van der Waals surface area contributed by atoms with Gasteiger partial charge in [0.05, 0.1) is 0 Å². The summed E-state index contributed by atoms with van der Waals surface area (Å²) in [6.45, 7) is 0. The molecule has 0 amide bonds. The van der Waals surface area contributed by atoms with E-state index in [9.17, 15) is 13.2 Å². The molecule has 0 unspecified atom stereocenters. The molecular weight excluding hydrogens is 261 g/mol. The van der Waals surface area contributed by atoms with Crippen LogP contribution in [-0.2, 0) is 0 Å². The Labute approximate surface area is 108 Å². The van der Waals surface area contributed by atoms with E-state index in [4.69, 9.17) is 11.6 Å². The molecule has 2 rings (SSSR count). The molecule has 0 bridgehead atoms. The molecular formula is C14H10ClF3. The predicted octanol–water partition coefficient (Wildman–Crippen LogP) is 5.03. The van der Waals surface area contributed by atoms with E-state index in [1.807, 2.05) is 0 Å². The van der Waals surface area contributed by atoms with Gasteiger partial charge in [0, 0.05) is 5.02 Å². The highest BCUT2D eigenvalue weighted by atomic mass is 35.5. The van der Waals surface area contributed by atoms with E-state index in [-0.39, 0.29) is 11.1 Å². The Morgan fingerprint density at radius 3 is 1.78 bits per heavy atom.